The third-order valence-electron chi connectivity index (χ3n) is 2.59. The van der Waals surface area contributed by atoms with Gasteiger partial charge in [-0.2, -0.15) is 0 Å². The molecule has 4 nitrogen and oxygen atoms in total. The first-order chi connectivity index (χ1) is 9.24. The number of methoxy groups -OCH3 is 1. The van der Waals surface area contributed by atoms with Gasteiger partial charge in [-0.15, -0.1) is 11.3 Å². The van der Waals surface area contributed by atoms with E-state index in [9.17, 15) is 4.79 Å². The summed E-state index contributed by atoms with van der Waals surface area (Å²) in [6.45, 7) is 2.69. The number of benzene rings is 1. The minimum Gasteiger partial charge on any atom is -0.497 e. The van der Waals surface area contributed by atoms with Gasteiger partial charge in [0, 0.05) is 17.5 Å². The van der Waals surface area contributed by atoms with Crippen LogP contribution in [0.4, 0.5) is 0 Å². The highest BCUT2D eigenvalue weighted by molar-refractivity contribution is 7.13. The molecule has 2 aromatic rings. The van der Waals surface area contributed by atoms with Crippen molar-refractivity contribution in [2.45, 2.75) is 13.3 Å². The van der Waals surface area contributed by atoms with Crippen LogP contribution in [0.1, 0.15) is 23.8 Å². The maximum Gasteiger partial charge on any atom is 0.270 e. The van der Waals surface area contributed by atoms with Gasteiger partial charge in [-0.1, -0.05) is 19.1 Å². The average Bonchev–Trinajstić information content (AvgIpc) is 2.94. The van der Waals surface area contributed by atoms with Crippen molar-refractivity contribution in [2.75, 3.05) is 13.7 Å². The van der Waals surface area contributed by atoms with E-state index in [1.807, 2.05) is 31.2 Å². The molecule has 19 heavy (non-hydrogen) atoms. The molecule has 1 aromatic heterocycles. The van der Waals surface area contributed by atoms with Crippen molar-refractivity contribution in [2.24, 2.45) is 0 Å². The number of thiazole rings is 1. The first-order valence-corrected chi connectivity index (χ1v) is 7.00. The van der Waals surface area contributed by atoms with E-state index in [4.69, 9.17) is 4.74 Å². The number of carbonyl (C=O) groups excluding carboxylic acids is 1. The Labute approximate surface area is 116 Å². The standard InChI is InChI=1S/C14H16N2O2S/c1-3-7-15-13(17)12-9-19-14(16-12)10-5-4-6-11(8-10)18-2/h4-6,8-9H,3,7H2,1-2H3,(H,15,17). The van der Waals surface area contributed by atoms with Crippen LogP contribution in [0.2, 0.25) is 0 Å². The van der Waals surface area contributed by atoms with Crippen LogP contribution in [0, 0.1) is 0 Å². The van der Waals surface area contributed by atoms with Crippen molar-refractivity contribution >= 4 is 17.2 Å². The Morgan fingerprint density at radius 1 is 1.47 bits per heavy atom. The number of amides is 1. The van der Waals surface area contributed by atoms with Crippen LogP contribution in [0.15, 0.2) is 29.6 Å². The third-order valence-corrected chi connectivity index (χ3v) is 3.48. The first-order valence-electron chi connectivity index (χ1n) is 6.12. The van der Waals surface area contributed by atoms with E-state index in [1.165, 1.54) is 11.3 Å². The molecule has 1 heterocycles. The number of rotatable bonds is 5. The number of hydrogen-bond donors (Lipinski definition) is 1. The van der Waals surface area contributed by atoms with Crippen molar-refractivity contribution in [3.63, 3.8) is 0 Å². The van der Waals surface area contributed by atoms with E-state index < -0.39 is 0 Å². The zero-order valence-electron chi connectivity index (χ0n) is 11.0. The second-order valence-corrected chi connectivity index (χ2v) is 4.88. The zero-order chi connectivity index (χ0) is 13.7. The van der Waals surface area contributed by atoms with Gasteiger partial charge < -0.3 is 10.1 Å². The SMILES string of the molecule is CCCNC(=O)c1csc(-c2cccc(OC)c2)n1. The van der Waals surface area contributed by atoms with Gasteiger partial charge in [0.25, 0.3) is 5.91 Å². The fraction of sp³-hybridized carbons (Fsp3) is 0.286. The highest BCUT2D eigenvalue weighted by Crippen LogP contribution is 2.26. The summed E-state index contributed by atoms with van der Waals surface area (Å²) in [6, 6.07) is 7.65. The van der Waals surface area contributed by atoms with Gasteiger partial charge in [0.15, 0.2) is 0 Å². The van der Waals surface area contributed by atoms with Crippen molar-refractivity contribution in [3.05, 3.63) is 35.3 Å². The largest absolute Gasteiger partial charge is 0.497 e. The second-order valence-electron chi connectivity index (χ2n) is 4.03. The molecule has 0 unspecified atom stereocenters. The maximum atomic E-state index is 11.8. The van der Waals surface area contributed by atoms with Gasteiger partial charge in [-0.3, -0.25) is 4.79 Å². The molecule has 2 rings (SSSR count). The van der Waals surface area contributed by atoms with Gasteiger partial charge in [0.2, 0.25) is 0 Å². The van der Waals surface area contributed by atoms with Crippen molar-refractivity contribution in [3.8, 4) is 16.3 Å². The lowest BCUT2D eigenvalue weighted by atomic mass is 10.2. The minimum absolute atomic E-state index is 0.118. The number of ether oxygens (including phenoxy) is 1. The molecule has 0 aliphatic heterocycles. The molecule has 0 spiro atoms. The summed E-state index contributed by atoms with van der Waals surface area (Å²) in [5, 5.41) is 5.41. The van der Waals surface area contributed by atoms with Crippen LogP contribution in [0.3, 0.4) is 0 Å². The molecule has 0 aliphatic carbocycles. The summed E-state index contributed by atoms with van der Waals surface area (Å²) < 4.78 is 5.18. The van der Waals surface area contributed by atoms with Crippen LogP contribution >= 0.6 is 11.3 Å². The predicted octanol–water partition coefficient (Wildman–Crippen LogP) is 2.96. The quantitative estimate of drug-likeness (QED) is 0.913. The fourth-order valence-electron chi connectivity index (χ4n) is 1.60. The highest BCUT2D eigenvalue weighted by atomic mass is 32.1. The molecule has 1 N–H and O–H groups in total. The Balaban J connectivity index is 2.18. The maximum absolute atomic E-state index is 11.8. The Morgan fingerprint density at radius 2 is 2.32 bits per heavy atom. The highest BCUT2D eigenvalue weighted by Gasteiger charge is 2.11. The summed E-state index contributed by atoms with van der Waals surface area (Å²) in [4.78, 5) is 16.1. The summed E-state index contributed by atoms with van der Waals surface area (Å²) in [5.41, 5.74) is 1.43. The van der Waals surface area contributed by atoms with E-state index >= 15 is 0 Å². The lowest BCUT2D eigenvalue weighted by Crippen LogP contribution is -2.24. The van der Waals surface area contributed by atoms with Crippen LogP contribution in [-0.2, 0) is 0 Å². The molecule has 5 heteroatoms. The summed E-state index contributed by atoms with van der Waals surface area (Å²) in [7, 11) is 1.63. The van der Waals surface area contributed by atoms with Gasteiger partial charge in [0.05, 0.1) is 7.11 Å². The predicted molar refractivity (Wildman–Crippen MR) is 76.7 cm³/mol. The van der Waals surface area contributed by atoms with E-state index in [0.29, 0.717) is 12.2 Å². The van der Waals surface area contributed by atoms with Crippen molar-refractivity contribution < 1.29 is 9.53 Å². The minimum atomic E-state index is -0.118. The Kier molecular flexibility index (Phi) is 4.52. The van der Waals surface area contributed by atoms with Gasteiger partial charge in [-0.05, 0) is 18.6 Å². The molecular formula is C14H16N2O2S. The second kappa shape index (κ2) is 6.33. The molecule has 1 amide bonds. The molecule has 0 atom stereocenters. The molecule has 0 bridgehead atoms. The van der Waals surface area contributed by atoms with Crippen LogP contribution in [-0.4, -0.2) is 24.5 Å². The van der Waals surface area contributed by atoms with E-state index in [1.54, 1.807) is 12.5 Å². The van der Waals surface area contributed by atoms with E-state index in [-0.39, 0.29) is 5.91 Å². The molecule has 0 saturated carbocycles. The number of carbonyl (C=O) groups is 1. The Morgan fingerprint density at radius 3 is 3.05 bits per heavy atom. The summed E-state index contributed by atoms with van der Waals surface area (Å²) >= 11 is 1.46. The topological polar surface area (TPSA) is 51.2 Å². The third kappa shape index (κ3) is 3.32. The number of nitrogens with zero attached hydrogens (tertiary/aromatic N) is 1. The fourth-order valence-corrected chi connectivity index (χ4v) is 2.39. The van der Waals surface area contributed by atoms with E-state index in [2.05, 4.69) is 10.3 Å². The summed E-state index contributed by atoms with van der Waals surface area (Å²) in [5.74, 6) is 0.664. The molecule has 0 radical (unpaired) electrons. The lowest BCUT2D eigenvalue weighted by molar-refractivity contribution is 0.0949. The monoisotopic (exact) mass is 276 g/mol. The summed E-state index contributed by atoms with van der Waals surface area (Å²) in [6.07, 6.45) is 0.915. The van der Waals surface area contributed by atoms with E-state index in [0.717, 1.165) is 22.7 Å². The number of nitrogens with one attached hydrogen (secondary N) is 1. The lowest BCUT2D eigenvalue weighted by Gasteiger charge is -2.01. The molecular weight excluding hydrogens is 260 g/mol. The van der Waals surface area contributed by atoms with Gasteiger partial charge in [0.1, 0.15) is 16.5 Å². The van der Waals surface area contributed by atoms with Gasteiger partial charge >= 0.3 is 0 Å². The molecule has 0 aliphatic rings. The average molecular weight is 276 g/mol. The Hall–Kier alpha value is -1.88. The number of hydrogen-bond acceptors (Lipinski definition) is 4. The van der Waals surface area contributed by atoms with Crippen LogP contribution < -0.4 is 10.1 Å². The van der Waals surface area contributed by atoms with Crippen molar-refractivity contribution in [1.29, 1.82) is 0 Å². The first kappa shape index (κ1) is 13.5. The Bertz CT molecular complexity index is 566. The normalized spacial score (nSPS) is 10.2. The van der Waals surface area contributed by atoms with Crippen LogP contribution in [0.5, 0.6) is 5.75 Å². The molecule has 100 valence electrons. The van der Waals surface area contributed by atoms with Crippen molar-refractivity contribution in [1.82, 2.24) is 10.3 Å². The molecule has 0 saturated heterocycles. The smallest absolute Gasteiger partial charge is 0.270 e. The molecule has 0 fully saturated rings. The van der Waals surface area contributed by atoms with Gasteiger partial charge in [-0.25, -0.2) is 4.98 Å². The van der Waals surface area contributed by atoms with Crippen LogP contribution in [0.25, 0.3) is 10.6 Å². The number of aromatic nitrogens is 1. The zero-order valence-corrected chi connectivity index (χ0v) is 11.8. The molecule has 1 aromatic carbocycles.